The molecule has 0 aliphatic heterocycles. The van der Waals surface area contributed by atoms with Gasteiger partial charge >= 0.3 is 0 Å². The minimum atomic E-state index is -3.49. The van der Waals surface area contributed by atoms with E-state index in [9.17, 15) is 8.42 Å². The number of hydrogen-bond donors (Lipinski definition) is 0. The third-order valence-corrected chi connectivity index (χ3v) is 6.46. The normalized spacial score (nSPS) is 16.5. The monoisotopic (exact) mass is 329 g/mol. The lowest BCUT2D eigenvalue weighted by Crippen LogP contribution is -2.39. The molecule has 0 radical (unpaired) electrons. The largest absolute Gasteiger partial charge is 0.243 e. The van der Waals surface area contributed by atoms with Crippen LogP contribution in [-0.4, -0.2) is 18.8 Å². The first kappa shape index (κ1) is 16.2. The average Bonchev–Trinajstić information content (AvgIpc) is 3.38. The summed E-state index contributed by atoms with van der Waals surface area (Å²) in [5.74, 6) is 0.485. The van der Waals surface area contributed by atoms with Gasteiger partial charge in [0, 0.05) is 12.6 Å². The Kier molecular flexibility index (Phi) is 4.55. The number of nitrogens with zero attached hydrogens (tertiary/aromatic N) is 1. The molecule has 0 aromatic heterocycles. The van der Waals surface area contributed by atoms with E-state index in [0.717, 1.165) is 24.0 Å². The van der Waals surface area contributed by atoms with Gasteiger partial charge in [0.05, 0.1) is 4.90 Å². The maximum absolute atomic E-state index is 13.2. The van der Waals surface area contributed by atoms with Crippen LogP contribution in [0.25, 0.3) is 0 Å². The first-order chi connectivity index (χ1) is 11.0. The fourth-order valence-electron chi connectivity index (χ4n) is 2.94. The van der Waals surface area contributed by atoms with Crippen molar-refractivity contribution in [3.8, 4) is 0 Å². The number of aryl methyl sites for hydroxylation is 1. The van der Waals surface area contributed by atoms with Gasteiger partial charge in [-0.3, -0.25) is 0 Å². The van der Waals surface area contributed by atoms with Crippen LogP contribution in [-0.2, 0) is 16.6 Å². The van der Waals surface area contributed by atoms with Crippen molar-refractivity contribution in [3.63, 3.8) is 0 Å². The summed E-state index contributed by atoms with van der Waals surface area (Å²) in [6.45, 7) is 4.38. The van der Waals surface area contributed by atoms with Crippen molar-refractivity contribution in [3.05, 3.63) is 65.7 Å². The second-order valence-corrected chi connectivity index (χ2v) is 8.32. The Morgan fingerprint density at radius 2 is 1.78 bits per heavy atom. The first-order valence-corrected chi connectivity index (χ1v) is 9.55. The predicted molar refractivity (Wildman–Crippen MR) is 92.5 cm³/mol. The van der Waals surface area contributed by atoms with Gasteiger partial charge in [-0.25, -0.2) is 8.42 Å². The molecule has 0 N–H and O–H groups in total. The first-order valence-electron chi connectivity index (χ1n) is 8.11. The molecule has 1 aliphatic carbocycles. The average molecular weight is 329 g/mol. The summed E-state index contributed by atoms with van der Waals surface area (Å²) in [6, 6.07) is 17.0. The highest BCUT2D eigenvalue weighted by Gasteiger charge is 2.38. The van der Waals surface area contributed by atoms with Crippen LogP contribution in [0.4, 0.5) is 0 Å². The summed E-state index contributed by atoms with van der Waals surface area (Å²) < 4.78 is 28.1. The standard InChI is InChI=1S/C19H23NO2S/c1-15-7-6-10-19(13-15)23(21,22)20(16(2)18-11-12-18)14-17-8-4-3-5-9-17/h3-10,13,16,18H,11-12,14H2,1-2H3/t16-/m0/s1. The molecule has 0 spiro atoms. The molecule has 3 rings (SSSR count). The molecule has 3 nitrogen and oxygen atoms in total. The Morgan fingerprint density at radius 1 is 1.09 bits per heavy atom. The minimum Gasteiger partial charge on any atom is -0.207 e. The van der Waals surface area contributed by atoms with Crippen molar-refractivity contribution >= 4 is 10.0 Å². The van der Waals surface area contributed by atoms with Gasteiger partial charge in [0.1, 0.15) is 0 Å². The lowest BCUT2D eigenvalue weighted by Gasteiger charge is -2.28. The Morgan fingerprint density at radius 3 is 2.39 bits per heavy atom. The van der Waals surface area contributed by atoms with E-state index in [0.29, 0.717) is 17.4 Å². The molecule has 0 saturated heterocycles. The number of sulfonamides is 1. The molecular formula is C19H23NO2S. The fraction of sp³-hybridized carbons (Fsp3) is 0.368. The van der Waals surface area contributed by atoms with E-state index in [2.05, 4.69) is 0 Å². The van der Waals surface area contributed by atoms with Gasteiger partial charge < -0.3 is 0 Å². The highest BCUT2D eigenvalue weighted by atomic mass is 32.2. The van der Waals surface area contributed by atoms with Gasteiger partial charge in [0.2, 0.25) is 10.0 Å². The molecule has 1 saturated carbocycles. The van der Waals surface area contributed by atoms with Gasteiger partial charge in [-0.05, 0) is 55.9 Å². The van der Waals surface area contributed by atoms with Crippen LogP contribution in [0.15, 0.2) is 59.5 Å². The molecule has 0 amide bonds. The zero-order chi connectivity index (χ0) is 16.4. The fourth-order valence-corrected chi connectivity index (χ4v) is 4.72. The Labute approximate surface area is 139 Å². The molecule has 0 bridgehead atoms. The van der Waals surface area contributed by atoms with Crippen molar-refractivity contribution in [2.75, 3.05) is 0 Å². The Hall–Kier alpha value is -1.65. The molecule has 2 aromatic carbocycles. The van der Waals surface area contributed by atoms with Gasteiger partial charge in [-0.15, -0.1) is 0 Å². The molecule has 23 heavy (non-hydrogen) atoms. The van der Waals surface area contributed by atoms with E-state index in [1.807, 2.05) is 56.3 Å². The van der Waals surface area contributed by atoms with Crippen molar-refractivity contribution < 1.29 is 8.42 Å². The molecule has 122 valence electrons. The molecule has 1 fully saturated rings. The van der Waals surface area contributed by atoms with Gasteiger partial charge in [-0.2, -0.15) is 4.31 Å². The predicted octanol–water partition coefficient (Wildman–Crippen LogP) is 3.98. The zero-order valence-electron chi connectivity index (χ0n) is 13.6. The van der Waals surface area contributed by atoms with Gasteiger partial charge in [0.25, 0.3) is 0 Å². The smallest absolute Gasteiger partial charge is 0.207 e. The highest BCUT2D eigenvalue weighted by molar-refractivity contribution is 7.89. The van der Waals surface area contributed by atoms with Gasteiger partial charge in [0.15, 0.2) is 0 Å². The second-order valence-electron chi connectivity index (χ2n) is 6.43. The van der Waals surface area contributed by atoms with E-state index >= 15 is 0 Å². The number of benzene rings is 2. The summed E-state index contributed by atoms with van der Waals surface area (Å²) in [5, 5.41) is 0. The highest BCUT2D eigenvalue weighted by Crippen LogP contribution is 2.37. The van der Waals surface area contributed by atoms with E-state index in [1.54, 1.807) is 16.4 Å². The minimum absolute atomic E-state index is 0.0284. The van der Waals surface area contributed by atoms with Crippen LogP contribution in [0.3, 0.4) is 0 Å². The molecule has 1 aliphatic rings. The molecular weight excluding hydrogens is 306 g/mol. The lowest BCUT2D eigenvalue weighted by molar-refractivity contribution is 0.303. The molecule has 1 atom stereocenters. The molecule has 0 heterocycles. The SMILES string of the molecule is Cc1cccc(S(=O)(=O)N(Cc2ccccc2)[C@@H](C)C2CC2)c1. The number of rotatable bonds is 6. The third kappa shape index (κ3) is 3.65. The molecule has 4 heteroatoms. The lowest BCUT2D eigenvalue weighted by atomic mass is 10.2. The van der Waals surface area contributed by atoms with E-state index in [4.69, 9.17) is 0 Å². The summed E-state index contributed by atoms with van der Waals surface area (Å²) >= 11 is 0. The van der Waals surface area contributed by atoms with Gasteiger partial charge in [-0.1, -0.05) is 42.5 Å². The Balaban J connectivity index is 1.96. The van der Waals surface area contributed by atoms with E-state index < -0.39 is 10.0 Å². The van der Waals surface area contributed by atoms with Crippen molar-refractivity contribution in [1.29, 1.82) is 0 Å². The summed E-state index contributed by atoms with van der Waals surface area (Å²) in [4.78, 5) is 0.390. The van der Waals surface area contributed by atoms with E-state index in [-0.39, 0.29) is 6.04 Å². The maximum atomic E-state index is 13.2. The van der Waals surface area contributed by atoms with Crippen LogP contribution in [0.1, 0.15) is 30.9 Å². The molecule has 0 unspecified atom stereocenters. The quantitative estimate of drug-likeness (QED) is 0.804. The van der Waals surface area contributed by atoms with Crippen LogP contribution in [0.2, 0.25) is 0 Å². The Bertz CT molecular complexity index is 767. The van der Waals surface area contributed by atoms with E-state index in [1.165, 1.54) is 0 Å². The third-order valence-electron chi connectivity index (χ3n) is 4.54. The van der Waals surface area contributed by atoms with Crippen LogP contribution in [0, 0.1) is 12.8 Å². The summed E-state index contributed by atoms with van der Waals surface area (Å²) in [5.41, 5.74) is 1.99. The van der Waals surface area contributed by atoms with Crippen molar-refractivity contribution in [2.45, 2.75) is 44.2 Å². The number of hydrogen-bond acceptors (Lipinski definition) is 2. The molecule has 2 aromatic rings. The van der Waals surface area contributed by atoms with Crippen LogP contribution < -0.4 is 0 Å². The van der Waals surface area contributed by atoms with Crippen LogP contribution in [0.5, 0.6) is 0 Å². The summed E-state index contributed by atoms with van der Waals surface area (Å²) in [6.07, 6.45) is 2.24. The second kappa shape index (κ2) is 6.46. The van der Waals surface area contributed by atoms with Crippen molar-refractivity contribution in [1.82, 2.24) is 4.31 Å². The summed E-state index contributed by atoms with van der Waals surface area (Å²) in [7, 11) is -3.49. The topological polar surface area (TPSA) is 37.4 Å². The maximum Gasteiger partial charge on any atom is 0.243 e. The van der Waals surface area contributed by atoms with Crippen LogP contribution >= 0.6 is 0 Å². The van der Waals surface area contributed by atoms with Crippen molar-refractivity contribution in [2.24, 2.45) is 5.92 Å². The zero-order valence-corrected chi connectivity index (χ0v) is 14.5.